The molecule has 0 aliphatic carbocycles. The van der Waals surface area contributed by atoms with Crippen LogP contribution >= 0.6 is 11.8 Å². The van der Waals surface area contributed by atoms with Crippen LogP contribution < -0.4 is 4.90 Å². The van der Waals surface area contributed by atoms with Gasteiger partial charge in [-0.3, -0.25) is 9.59 Å². The number of anilines is 1. The summed E-state index contributed by atoms with van der Waals surface area (Å²) < 4.78 is 2.06. The first-order valence-electron chi connectivity index (χ1n) is 8.90. The highest BCUT2D eigenvalue weighted by Crippen LogP contribution is 2.36. The van der Waals surface area contributed by atoms with Crippen LogP contribution in [-0.4, -0.2) is 20.7 Å². The van der Waals surface area contributed by atoms with Gasteiger partial charge in [0.2, 0.25) is 0 Å². The van der Waals surface area contributed by atoms with Crippen molar-refractivity contribution < 1.29 is 9.59 Å². The van der Waals surface area contributed by atoms with Crippen LogP contribution in [-0.2, 0) is 4.79 Å². The zero-order valence-corrected chi connectivity index (χ0v) is 16.7. The Balaban J connectivity index is 1.72. The van der Waals surface area contributed by atoms with Gasteiger partial charge in [-0.2, -0.15) is 0 Å². The smallest absolute Gasteiger partial charge is 0.298 e. The van der Waals surface area contributed by atoms with Crippen molar-refractivity contribution in [2.75, 3.05) is 4.90 Å². The lowest BCUT2D eigenvalue weighted by atomic mass is 10.2. The number of aryl methyl sites for hydroxylation is 2. The van der Waals surface area contributed by atoms with Crippen molar-refractivity contribution in [2.24, 2.45) is 0 Å². The van der Waals surface area contributed by atoms with Crippen molar-refractivity contribution in [3.05, 3.63) is 82.1 Å². The SMILES string of the molecule is Cc1ccnc(-n2c(C)cc(/C=C3\SC(=O)N(c4ccccc4)C3=O)c2C)c1. The fraction of sp³-hybridized carbons (Fsp3) is 0.136. The zero-order chi connectivity index (χ0) is 19.8. The first-order valence-corrected chi connectivity index (χ1v) is 9.72. The summed E-state index contributed by atoms with van der Waals surface area (Å²) in [7, 11) is 0. The molecule has 28 heavy (non-hydrogen) atoms. The van der Waals surface area contributed by atoms with Crippen molar-refractivity contribution in [1.82, 2.24) is 9.55 Å². The van der Waals surface area contributed by atoms with E-state index in [4.69, 9.17) is 0 Å². The third-order valence-corrected chi connectivity index (χ3v) is 5.56. The number of rotatable bonds is 3. The molecular formula is C22H19N3O2S. The zero-order valence-electron chi connectivity index (χ0n) is 15.8. The van der Waals surface area contributed by atoms with Gasteiger partial charge in [0.15, 0.2) is 0 Å². The van der Waals surface area contributed by atoms with E-state index in [-0.39, 0.29) is 11.1 Å². The van der Waals surface area contributed by atoms with Crippen LogP contribution in [0, 0.1) is 20.8 Å². The van der Waals surface area contributed by atoms with Gasteiger partial charge >= 0.3 is 0 Å². The standard InChI is InChI=1S/C22H19N3O2S/c1-14-9-10-23-20(11-14)24-15(2)12-17(16(24)3)13-19-21(26)25(22(27)28-19)18-7-5-4-6-8-18/h4-13H,1-3H3/b19-13-. The van der Waals surface area contributed by atoms with Gasteiger partial charge in [0.05, 0.1) is 10.6 Å². The lowest BCUT2D eigenvalue weighted by molar-refractivity contribution is -0.113. The topological polar surface area (TPSA) is 55.2 Å². The Bertz CT molecular complexity index is 1120. The third kappa shape index (κ3) is 3.16. The molecule has 1 fully saturated rings. The molecule has 6 heteroatoms. The molecular weight excluding hydrogens is 370 g/mol. The van der Waals surface area contributed by atoms with Gasteiger partial charge < -0.3 is 4.57 Å². The predicted molar refractivity (Wildman–Crippen MR) is 113 cm³/mol. The molecule has 4 rings (SSSR count). The second-order valence-corrected chi connectivity index (χ2v) is 7.70. The fourth-order valence-electron chi connectivity index (χ4n) is 3.34. The predicted octanol–water partition coefficient (Wildman–Crippen LogP) is 5.04. The summed E-state index contributed by atoms with van der Waals surface area (Å²) in [6.07, 6.45) is 3.58. The van der Waals surface area contributed by atoms with Crippen molar-refractivity contribution in [3.8, 4) is 5.82 Å². The van der Waals surface area contributed by atoms with E-state index in [9.17, 15) is 9.59 Å². The Hall–Kier alpha value is -3.12. The number of hydrogen-bond donors (Lipinski definition) is 0. The number of nitrogens with zero attached hydrogens (tertiary/aromatic N) is 3. The molecule has 2 amide bonds. The molecule has 0 atom stereocenters. The van der Waals surface area contributed by atoms with Crippen molar-refractivity contribution in [3.63, 3.8) is 0 Å². The van der Waals surface area contributed by atoms with E-state index in [0.29, 0.717) is 10.6 Å². The average Bonchev–Trinajstić information content (AvgIpc) is 3.11. The fourth-order valence-corrected chi connectivity index (χ4v) is 4.17. The summed E-state index contributed by atoms with van der Waals surface area (Å²) >= 11 is 0.967. The summed E-state index contributed by atoms with van der Waals surface area (Å²) in [5.74, 6) is 0.548. The molecule has 1 aromatic carbocycles. The number of thioether (sulfide) groups is 1. The summed E-state index contributed by atoms with van der Waals surface area (Å²) in [6, 6.07) is 15.0. The van der Waals surface area contributed by atoms with E-state index in [1.807, 2.05) is 57.2 Å². The maximum atomic E-state index is 12.8. The van der Waals surface area contributed by atoms with Gasteiger partial charge in [0, 0.05) is 17.6 Å². The van der Waals surface area contributed by atoms with Crippen LogP contribution in [0.15, 0.2) is 59.6 Å². The number of pyridine rings is 1. The Morgan fingerprint density at radius 3 is 2.46 bits per heavy atom. The van der Waals surface area contributed by atoms with Gasteiger partial charge in [0.25, 0.3) is 11.1 Å². The largest absolute Gasteiger partial charge is 0.303 e. The molecule has 1 aliphatic heterocycles. The van der Waals surface area contributed by atoms with Crippen molar-refractivity contribution in [1.29, 1.82) is 0 Å². The molecule has 1 saturated heterocycles. The first kappa shape index (κ1) is 18.3. The molecule has 3 heterocycles. The van der Waals surface area contributed by atoms with Crippen LogP contribution in [0.1, 0.15) is 22.5 Å². The molecule has 0 spiro atoms. The number of aromatic nitrogens is 2. The highest BCUT2D eigenvalue weighted by molar-refractivity contribution is 8.19. The third-order valence-electron chi connectivity index (χ3n) is 4.70. The van der Waals surface area contributed by atoms with E-state index in [1.54, 1.807) is 24.4 Å². The molecule has 0 N–H and O–H groups in total. The summed E-state index contributed by atoms with van der Waals surface area (Å²) in [5.41, 5.74) is 4.61. The number of carbonyl (C=O) groups is 2. The van der Waals surface area contributed by atoms with Crippen LogP contribution in [0.25, 0.3) is 11.9 Å². The van der Waals surface area contributed by atoms with Crippen LogP contribution in [0.3, 0.4) is 0 Å². The molecule has 1 aliphatic rings. The molecule has 2 aromatic heterocycles. The van der Waals surface area contributed by atoms with Crippen LogP contribution in [0.4, 0.5) is 10.5 Å². The Morgan fingerprint density at radius 2 is 1.75 bits per heavy atom. The quantitative estimate of drug-likeness (QED) is 0.589. The molecule has 0 bridgehead atoms. The Labute approximate surface area is 167 Å². The molecule has 140 valence electrons. The minimum atomic E-state index is -0.292. The van der Waals surface area contributed by atoms with Crippen molar-refractivity contribution >= 4 is 34.7 Å². The van der Waals surface area contributed by atoms with Gasteiger partial charge in [0.1, 0.15) is 5.82 Å². The monoisotopic (exact) mass is 389 g/mol. The lowest BCUT2D eigenvalue weighted by Gasteiger charge is -2.11. The Morgan fingerprint density at radius 1 is 1.00 bits per heavy atom. The van der Waals surface area contributed by atoms with E-state index in [1.165, 1.54) is 4.90 Å². The molecule has 0 saturated carbocycles. The number of imide groups is 1. The number of para-hydroxylation sites is 1. The number of hydrogen-bond acceptors (Lipinski definition) is 4. The molecule has 5 nitrogen and oxygen atoms in total. The van der Waals surface area contributed by atoms with Crippen LogP contribution in [0.5, 0.6) is 0 Å². The van der Waals surface area contributed by atoms with Gasteiger partial charge in [-0.15, -0.1) is 0 Å². The Kier molecular flexibility index (Phi) is 4.65. The highest BCUT2D eigenvalue weighted by Gasteiger charge is 2.36. The average molecular weight is 389 g/mol. The van der Waals surface area contributed by atoms with E-state index < -0.39 is 0 Å². The number of benzene rings is 1. The summed E-state index contributed by atoms with van der Waals surface area (Å²) in [6.45, 7) is 6.02. The maximum absolute atomic E-state index is 12.8. The van der Waals surface area contributed by atoms with Gasteiger partial charge in [-0.05, 0) is 80.1 Å². The van der Waals surface area contributed by atoms with E-state index in [0.717, 1.165) is 40.1 Å². The minimum Gasteiger partial charge on any atom is -0.303 e. The second kappa shape index (κ2) is 7.13. The van der Waals surface area contributed by atoms with Crippen molar-refractivity contribution in [2.45, 2.75) is 20.8 Å². The second-order valence-electron chi connectivity index (χ2n) is 6.71. The van der Waals surface area contributed by atoms with Gasteiger partial charge in [-0.1, -0.05) is 18.2 Å². The summed E-state index contributed by atoms with van der Waals surface area (Å²) in [4.78, 5) is 31.4. The molecule has 0 unspecified atom stereocenters. The molecule has 3 aromatic rings. The maximum Gasteiger partial charge on any atom is 0.298 e. The number of amides is 2. The lowest BCUT2D eigenvalue weighted by Crippen LogP contribution is -2.27. The summed E-state index contributed by atoms with van der Waals surface area (Å²) in [5, 5.41) is -0.281. The molecule has 0 radical (unpaired) electrons. The minimum absolute atomic E-state index is 0.281. The van der Waals surface area contributed by atoms with Gasteiger partial charge in [-0.25, -0.2) is 9.88 Å². The first-order chi connectivity index (χ1) is 13.5. The normalized spacial score (nSPS) is 15.7. The highest BCUT2D eigenvalue weighted by atomic mass is 32.2. The van der Waals surface area contributed by atoms with E-state index >= 15 is 0 Å². The number of carbonyl (C=O) groups excluding carboxylic acids is 2. The van der Waals surface area contributed by atoms with E-state index in [2.05, 4.69) is 9.55 Å². The van der Waals surface area contributed by atoms with Crippen LogP contribution in [0.2, 0.25) is 0 Å².